The third-order valence-electron chi connectivity index (χ3n) is 5.36. The van der Waals surface area contributed by atoms with Crippen molar-refractivity contribution in [2.75, 3.05) is 18.0 Å². The summed E-state index contributed by atoms with van der Waals surface area (Å²) in [5, 5.41) is 0.859. The molecule has 198 valence electrons. The second kappa shape index (κ2) is 14.6. The molecule has 0 unspecified atom stereocenters. The molecule has 0 aliphatic carbocycles. The van der Waals surface area contributed by atoms with Gasteiger partial charge in [-0.25, -0.2) is 18.7 Å². The summed E-state index contributed by atoms with van der Waals surface area (Å²) in [7, 11) is 0. The average Bonchev–Trinajstić information content (AvgIpc) is 2.85. The molecule has 6 heteroatoms. The molecule has 3 aromatic rings. The van der Waals surface area contributed by atoms with E-state index in [-0.39, 0.29) is 28.5 Å². The molecule has 1 fully saturated rings. The molecule has 1 aliphatic heterocycles. The Morgan fingerprint density at radius 3 is 2.06 bits per heavy atom. The summed E-state index contributed by atoms with van der Waals surface area (Å²) in [5.41, 5.74) is 0.914. The second-order valence-electron chi connectivity index (χ2n) is 9.08. The van der Waals surface area contributed by atoms with E-state index in [1.165, 1.54) is 6.07 Å². The van der Waals surface area contributed by atoms with E-state index in [1.54, 1.807) is 18.2 Å². The van der Waals surface area contributed by atoms with Crippen LogP contribution in [0, 0.1) is 11.3 Å². The van der Waals surface area contributed by atoms with E-state index in [0.29, 0.717) is 36.4 Å². The van der Waals surface area contributed by atoms with Crippen LogP contribution >= 0.6 is 0 Å². The van der Waals surface area contributed by atoms with Crippen molar-refractivity contribution in [3.05, 3.63) is 54.1 Å². The number of aromatic nitrogens is 2. The quantitative estimate of drug-likeness (QED) is 0.352. The lowest BCUT2D eigenvalue weighted by Gasteiger charge is -2.40. The number of carbonyl (C=O) groups is 1. The lowest BCUT2D eigenvalue weighted by Crippen LogP contribution is -2.51. The van der Waals surface area contributed by atoms with Gasteiger partial charge in [-0.15, -0.1) is 0 Å². The molecule has 36 heavy (non-hydrogen) atoms. The number of halogens is 2. The first-order valence-corrected chi connectivity index (χ1v) is 13.1. The van der Waals surface area contributed by atoms with Gasteiger partial charge < -0.3 is 4.90 Å². The van der Waals surface area contributed by atoms with Gasteiger partial charge in [0.15, 0.2) is 5.82 Å². The van der Waals surface area contributed by atoms with Crippen LogP contribution in [0.2, 0.25) is 0 Å². The van der Waals surface area contributed by atoms with Gasteiger partial charge in [0.1, 0.15) is 11.6 Å². The molecule has 1 aromatic heterocycles. The maximum Gasteiger partial charge on any atom is 0.264 e. The third-order valence-corrected chi connectivity index (χ3v) is 5.36. The van der Waals surface area contributed by atoms with Crippen molar-refractivity contribution in [3.8, 4) is 11.4 Å². The predicted octanol–water partition coefficient (Wildman–Crippen LogP) is 8.75. The Balaban J connectivity index is 0.00000101. The van der Waals surface area contributed by atoms with Gasteiger partial charge in [0.25, 0.3) is 6.43 Å². The van der Waals surface area contributed by atoms with E-state index < -0.39 is 6.43 Å². The van der Waals surface area contributed by atoms with Crippen molar-refractivity contribution in [2.24, 2.45) is 11.3 Å². The minimum atomic E-state index is -2.61. The molecule has 0 amide bonds. The Bertz CT molecular complexity index is 1090. The van der Waals surface area contributed by atoms with Crippen LogP contribution in [0.1, 0.15) is 80.7 Å². The number of ketones is 1. The highest BCUT2D eigenvalue weighted by Gasteiger charge is 2.36. The van der Waals surface area contributed by atoms with Crippen molar-refractivity contribution >= 4 is 22.5 Å². The lowest BCUT2D eigenvalue weighted by atomic mass is 9.83. The van der Waals surface area contributed by atoms with Crippen molar-refractivity contribution in [1.82, 2.24) is 9.97 Å². The topological polar surface area (TPSA) is 46.1 Å². The molecule has 0 N–H and O–H groups in total. The number of hydrogen-bond donors (Lipinski definition) is 0. The van der Waals surface area contributed by atoms with E-state index in [1.807, 2.05) is 70.7 Å². The number of carbonyl (C=O) groups excluding carboxylic acids is 1. The molecule has 2 aromatic carbocycles. The number of benzene rings is 2. The first-order chi connectivity index (χ1) is 17.2. The number of Topliss-reactive ketones (excluding diaryl/α,β-unsaturated/α-hetero) is 1. The molecule has 1 aliphatic rings. The summed E-state index contributed by atoms with van der Waals surface area (Å²) < 4.78 is 27.1. The molecule has 0 saturated carbocycles. The zero-order valence-corrected chi connectivity index (χ0v) is 23.4. The van der Waals surface area contributed by atoms with E-state index in [9.17, 15) is 13.6 Å². The fourth-order valence-corrected chi connectivity index (χ4v) is 3.83. The molecular weight excluding hydrogens is 456 g/mol. The van der Waals surface area contributed by atoms with E-state index >= 15 is 0 Å². The molecule has 0 spiro atoms. The Labute approximate surface area is 216 Å². The number of alkyl halides is 2. The van der Waals surface area contributed by atoms with Gasteiger partial charge in [-0.05, 0) is 17.5 Å². The Hall–Kier alpha value is -2.89. The minimum absolute atomic E-state index is 0.0187. The second-order valence-corrected chi connectivity index (χ2v) is 9.08. The van der Waals surface area contributed by atoms with Gasteiger partial charge in [-0.3, -0.25) is 4.79 Å². The fraction of sp³-hybridized carbons (Fsp3) is 0.500. The molecule has 1 saturated heterocycles. The summed E-state index contributed by atoms with van der Waals surface area (Å²) >= 11 is 0. The molecular formula is C30H43F2N3O. The monoisotopic (exact) mass is 499 g/mol. The normalized spacial score (nSPS) is 12.9. The Morgan fingerprint density at radius 2 is 1.47 bits per heavy atom. The fourth-order valence-electron chi connectivity index (χ4n) is 3.83. The summed E-state index contributed by atoms with van der Waals surface area (Å²) in [6.45, 7) is 19.4. The van der Waals surface area contributed by atoms with Gasteiger partial charge in [0.2, 0.25) is 0 Å². The van der Waals surface area contributed by atoms with Crippen LogP contribution in [-0.2, 0) is 4.79 Å². The SMILES string of the molecule is CC.CC.CC.CC(C)(C)CC(=O)C1CN(c2nc(-c3ccccc3C(F)F)nc3ccccc23)C1. The molecule has 2 heterocycles. The predicted molar refractivity (Wildman–Crippen MR) is 149 cm³/mol. The minimum Gasteiger partial charge on any atom is -0.354 e. The first-order valence-electron chi connectivity index (χ1n) is 13.1. The smallest absolute Gasteiger partial charge is 0.264 e. The molecule has 0 atom stereocenters. The van der Waals surface area contributed by atoms with E-state index in [4.69, 9.17) is 0 Å². The number of nitrogens with zero attached hydrogens (tertiary/aromatic N) is 3. The van der Waals surface area contributed by atoms with Gasteiger partial charge in [0.05, 0.1) is 11.4 Å². The number of para-hydroxylation sites is 1. The lowest BCUT2D eigenvalue weighted by molar-refractivity contribution is -0.125. The highest BCUT2D eigenvalue weighted by molar-refractivity contribution is 5.93. The standard InChI is InChI=1S/C24H25F2N3O.3C2H6/c1-24(2,3)12-20(30)15-13-29(14-15)23-18-10-6-7-11-19(18)27-22(28-23)17-9-5-4-8-16(17)21(25)26;3*1-2/h4-11,15,21H,12-14H2,1-3H3;3*1-2H3. The van der Waals surface area contributed by atoms with Crippen LogP contribution in [0.4, 0.5) is 14.6 Å². The van der Waals surface area contributed by atoms with Crippen LogP contribution < -0.4 is 4.90 Å². The molecule has 0 bridgehead atoms. The van der Waals surface area contributed by atoms with Crippen molar-refractivity contribution in [3.63, 3.8) is 0 Å². The largest absolute Gasteiger partial charge is 0.354 e. The number of rotatable bonds is 5. The van der Waals surface area contributed by atoms with Crippen molar-refractivity contribution in [2.45, 2.75) is 75.2 Å². The molecule has 4 nitrogen and oxygen atoms in total. The van der Waals surface area contributed by atoms with Crippen LogP contribution in [0.3, 0.4) is 0 Å². The first kappa shape index (κ1) is 31.1. The third kappa shape index (κ3) is 7.81. The van der Waals surface area contributed by atoms with Crippen LogP contribution in [0.25, 0.3) is 22.3 Å². The highest BCUT2D eigenvalue weighted by Crippen LogP contribution is 2.35. The molecule has 0 radical (unpaired) electrons. The number of anilines is 1. The van der Waals surface area contributed by atoms with Gasteiger partial charge in [-0.2, -0.15) is 0 Å². The summed E-state index contributed by atoms with van der Waals surface area (Å²) in [6, 6.07) is 13.9. The number of hydrogen-bond acceptors (Lipinski definition) is 4. The van der Waals surface area contributed by atoms with E-state index in [2.05, 4.69) is 30.7 Å². The van der Waals surface area contributed by atoms with Crippen LogP contribution in [-0.4, -0.2) is 28.8 Å². The van der Waals surface area contributed by atoms with Gasteiger partial charge >= 0.3 is 0 Å². The van der Waals surface area contributed by atoms with Crippen molar-refractivity contribution < 1.29 is 13.6 Å². The summed E-state index contributed by atoms with van der Waals surface area (Å²) in [4.78, 5) is 23.8. The Kier molecular flexibility index (Phi) is 12.6. The summed E-state index contributed by atoms with van der Waals surface area (Å²) in [5.74, 6) is 1.22. The maximum atomic E-state index is 13.5. The zero-order chi connectivity index (χ0) is 27.5. The Morgan fingerprint density at radius 1 is 0.917 bits per heavy atom. The van der Waals surface area contributed by atoms with Crippen LogP contribution in [0.15, 0.2) is 48.5 Å². The van der Waals surface area contributed by atoms with E-state index in [0.717, 1.165) is 5.39 Å². The van der Waals surface area contributed by atoms with Crippen LogP contribution in [0.5, 0.6) is 0 Å². The van der Waals surface area contributed by atoms with Gasteiger partial charge in [0, 0.05) is 36.0 Å². The number of fused-ring (bicyclic) bond motifs is 1. The highest BCUT2D eigenvalue weighted by atomic mass is 19.3. The maximum absolute atomic E-state index is 13.5. The summed E-state index contributed by atoms with van der Waals surface area (Å²) in [6.07, 6.45) is -2.06. The molecule has 4 rings (SSSR count). The van der Waals surface area contributed by atoms with Gasteiger partial charge in [-0.1, -0.05) is 98.7 Å². The van der Waals surface area contributed by atoms with Crippen molar-refractivity contribution in [1.29, 1.82) is 0 Å². The average molecular weight is 500 g/mol. The zero-order valence-electron chi connectivity index (χ0n) is 23.4.